The molecule has 0 spiro atoms. The van der Waals surface area contributed by atoms with Crippen molar-refractivity contribution in [3.8, 4) is 0 Å². The molecule has 2 N–H and O–H groups in total. The largest absolute Gasteiger partial charge is 0.349 e. The Morgan fingerprint density at radius 3 is 2.33 bits per heavy atom. The van der Waals surface area contributed by atoms with Gasteiger partial charge in [-0.25, -0.2) is 8.42 Å². The standard InChI is InChI=1S/C24H24N4O3S2/c1-16-4-6-17(7-5-16)21-15-32-24(26-21)20-14-22(29)28(23(20)25)18-8-10-19(11-9-18)33(30,31)27-12-2-3-13-27/h4-11,15,25-26H,2-3,12-14H2,1H3/b24-20-,25-23?. The minimum Gasteiger partial charge on any atom is -0.349 e. The smallest absolute Gasteiger partial charge is 0.243 e. The number of amidine groups is 1. The Hall–Kier alpha value is -2.88. The number of rotatable bonds is 4. The van der Waals surface area contributed by atoms with E-state index in [0.29, 0.717) is 24.4 Å². The van der Waals surface area contributed by atoms with Gasteiger partial charge in [-0.15, -0.1) is 0 Å². The molecule has 0 aromatic heterocycles. The molecular weight excluding hydrogens is 456 g/mol. The molecule has 9 heteroatoms. The first-order valence-corrected chi connectivity index (χ1v) is 13.1. The Morgan fingerprint density at radius 2 is 1.67 bits per heavy atom. The first-order chi connectivity index (χ1) is 15.8. The van der Waals surface area contributed by atoms with E-state index in [4.69, 9.17) is 5.41 Å². The fourth-order valence-electron chi connectivity index (χ4n) is 4.20. The minimum absolute atomic E-state index is 0.115. The van der Waals surface area contributed by atoms with Gasteiger partial charge in [0.25, 0.3) is 0 Å². The third-order valence-corrected chi connectivity index (χ3v) is 8.91. The van der Waals surface area contributed by atoms with Crippen LogP contribution < -0.4 is 10.2 Å². The molecule has 0 bridgehead atoms. The minimum atomic E-state index is -3.52. The number of carbonyl (C=O) groups is 1. The van der Waals surface area contributed by atoms with Crippen LogP contribution in [0.5, 0.6) is 0 Å². The monoisotopic (exact) mass is 480 g/mol. The van der Waals surface area contributed by atoms with E-state index in [9.17, 15) is 13.2 Å². The lowest BCUT2D eigenvalue weighted by atomic mass is 10.1. The van der Waals surface area contributed by atoms with E-state index < -0.39 is 10.0 Å². The van der Waals surface area contributed by atoms with Gasteiger partial charge in [0.05, 0.1) is 27.7 Å². The summed E-state index contributed by atoms with van der Waals surface area (Å²) in [7, 11) is -3.52. The van der Waals surface area contributed by atoms with Gasteiger partial charge in [0, 0.05) is 24.1 Å². The van der Waals surface area contributed by atoms with E-state index in [1.165, 1.54) is 38.7 Å². The van der Waals surface area contributed by atoms with E-state index in [0.717, 1.165) is 29.1 Å². The molecule has 0 saturated carbocycles. The number of anilines is 1. The molecule has 3 aliphatic rings. The summed E-state index contributed by atoms with van der Waals surface area (Å²) in [6.45, 7) is 3.12. The summed E-state index contributed by atoms with van der Waals surface area (Å²) in [5, 5.41) is 14.8. The van der Waals surface area contributed by atoms with Crippen LogP contribution in [0.25, 0.3) is 5.70 Å². The number of amides is 1. The summed E-state index contributed by atoms with van der Waals surface area (Å²) in [5.74, 6) is -0.0902. The Labute approximate surface area is 197 Å². The van der Waals surface area contributed by atoms with Crippen molar-refractivity contribution in [3.05, 3.63) is 75.7 Å². The van der Waals surface area contributed by atoms with Crippen molar-refractivity contribution in [1.29, 1.82) is 5.41 Å². The molecule has 7 nitrogen and oxygen atoms in total. The van der Waals surface area contributed by atoms with Crippen LogP contribution in [0.4, 0.5) is 5.69 Å². The van der Waals surface area contributed by atoms with Crippen molar-refractivity contribution in [2.45, 2.75) is 31.1 Å². The van der Waals surface area contributed by atoms with Crippen LogP contribution in [0, 0.1) is 12.3 Å². The Kier molecular flexibility index (Phi) is 5.64. The first-order valence-electron chi connectivity index (χ1n) is 10.8. The van der Waals surface area contributed by atoms with Crippen molar-refractivity contribution in [3.63, 3.8) is 0 Å². The number of thioether (sulfide) groups is 1. The number of carbonyl (C=O) groups excluding carboxylic acids is 1. The SMILES string of the molecule is Cc1ccc(C2=CS/C(=C3/CC(=O)N(c4ccc(S(=O)(=O)N5CCCC5)cc4)C3=N)N2)cc1. The molecule has 3 aliphatic heterocycles. The van der Waals surface area contributed by atoms with Crippen molar-refractivity contribution >= 4 is 44.9 Å². The van der Waals surface area contributed by atoms with Crippen molar-refractivity contribution < 1.29 is 13.2 Å². The second-order valence-electron chi connectivity index (χ2n) is 8.31. The highest BCUT2D eigenvalue weighted by Gasteiger charge is 2.36. The van der Waals surface area contributed by atoms with Gasteiger partial charge in [-0.3, -0.25) is 15.1 Å². The second kappa shape index (κ2) is 8.48. The topological polar surface area (TPSA) is 93.6 Å². The Bertz CT molecular complexity index is 1290. The zero-order valence-electron chi connectivity index (χ0n) is 18.2. The molecule has 1 amide bonds. The van der Waals surface area contributed by atoms with Crippen LogP contribution in [0.15, 0.2) is 69.4 Å². The zero-order chi connectivity index (χ0) is 23.2. The van der Waals surface area contributed by atoms with E-state index >= 15 is 0 Å². The molecule has 2 fully saturated rings. The van der Waals surface area contributed by atoms with Crippen LogP contribution in [0.1, 0.15) is 30.4 Å². The van der Waals surface area contributed by atoms with Crippen LogP contribution in [0.2, 0.25) is 0 Å². The molecule has 33 heavy (non-hydrogen) atoms. The first kappa shape index (κ1) is 21.9. The predicted molar refractivity (Wildman–Crippen MR) is 131 cm³/mol. The van der Waals surface area contributed by atoms with Gasteiger partial charge in [-0.1, -0.05) is 41.6 Å². The lowest BCUT2D eigenvalue weighted by Gasteiger charge is -2.18. The fourth-order valence-corrected chi connectivity index (χ4v) is 6.63. The molecule has 3 heterocycles. The molecule has 2 saturated heterocycles. The highest BCUT2D eigenvalue weighted by atomic mass is 32.2. The Morgan fingerprint density at radius 1 is 1.00 bits per heavy atom. The third-order valence-electron chi connectivity index (χ3n) is 6.06. The number of sulfonamides is 1. The summed E-state index contributed by atoms with van der Waals surface area (Å²) in [4.78, 5) is 14.4. The normalized spacial score (nSPS) is 21.6. The van der Waals surface area contributed by atoms with Gasteiger partial charge in [-0.2, -0.15) is 4.31 Å². The molecule has 0 radical (unpaired) electrons. The van der Waals surface area contributed by atoms with Gasteiger partial charge < -0.3 is 5.32 Å². The van der Waals surface area contributed by atoms with E-state index in [1.54, 1.807) is 12.1 Å². The number of hydrogen-bond donors (Lipinski definition) is 2. The van der Waals surface area contributed by atoms with Crippen LogP contribution in [-0.4, -0.2) is 37.6 Å². The van der Waals surface area contributed by atoms with Gasteiger partial charge in [0.1, 0.15) is 5.84 Å². The maximum atomic E-state index is 12.8. The molecule has 0 atom stereocenters. The van der Waals surface area contributed by atoms with Crippen molar-refractivity contribution in [1.82, 2.24) is 9.62 Å². The van der Waals surface area contributed by atoms with Gasteiger partial charge in [0.2, 0.25) is 15.9 Å². The molecule has 170 valence electrons. The quantitative estimate of drug-likeness (QED) is 0.689. The second-order valence-corrected chi connectivity index (χ2v) is 11.1. The van der Waals surface area contributed by atoms with Crippen LogP contribution in [-0.2, 0) is 14.8 Å². The lowest BCUT2D eigenvalue weighted by molar-refractivity contribution is -0.116. The average molecular weight is 481 g/mol. The van der Waals surface area contributed by atoms with Gasteiger partial charge in [0.15, 0.2) is 0 Å². The number of hydrogen-bond acceptors (Lipinski definition) is 6. The maximum Gasteiger partial charge on any atom is 0.243 e. The van der Waals surface area contributed by atoms with Crippen molar-refractivity contribution in [2.24, 2.45) is 0 Å². The summed E-state index contributed by atoms with van der Waals surface area (Å²) in [5.41, 5.74) is 4.30. The molecule has 2 aromatic carbocycles. The number of benzene rings is 2. The lowest BCUT2D eigenvalue weighted by Crippen LogP contribution is -2.29. The fraction of sp³-hybridized carbons (Fsp3) is 0.250. The summed E-state index contributed by atoms with van der Waals surface area (Å²) in [6, 6.07) is 14.4. The Balaban J connectivity index is 1.35. The van der Waals surface area contributed by atoms with Crippen molar-refractivity contribution in [2.75, 3.05) is 18.0 Å². The maximum absolute atomic E-state index is 12.8. The van der Waals surface area contributed by atoms with E-state index in [-0.39, 0.29) is 23.1 Å². The highest BCUT2D eigenvalue weighted by Crippen LogP contribution is 2.37. The molecule has 0 unspecified atom stereocenters. The van der Waals surface area contributed by atoms with Crippen LogP contribution >= 0.6 is 11.8 Å². The van der Waals surface area contributed by atoms with E-state index in [2.05, 4.69) is 5.32 Å². The predicted octanol–water partition coefficient (Wildman–Crippen LogP) is 4.04. The van der Waals surface area contributed by atoms with Gasteiger partial charge >= 0.3 is 0 Å². The zero-order valence-corrected chi connectivity index (χ0v) is 19.8. The van der Waals surface area contributed by atoms with Crippen LogP contribution in [0.3, 0.4) is 0 Å². The average Bonchev–Trinajstić information content (AvgIpc) is 3.55. The molecule has 0 aliphatic carbocycles. The molecule has 2 aromatic rings. The van der Waals surface area contributed by atoms with Gasteiger partial charge in [-0.05, 0) is 49.6 Å². The highest BCUT2D eigenvalue weighted by molar-refractivity contribution is 8.06. The number of nitrogens with one attached hydrogen (secondary N) is 2. The number of aryl methyl sites for hydroxylation is 1. The summed E-state index contributed by atoms with van der Waals surface area (Å²) < 4.78 is 27.0. The number of nitrogens with zero attached hydrogens (tertiary/aromatic N) is 2. The summed E-state index contributed by atoms with van der Waals surface area (Å²) >= 11 is 1.47. The van der Waals surface area contributed by atoms with E-state index in [1.807, 2.05) is 36.6 Å². The molecule has 5 rings (SSSR count). The third kappa shape index (κ3) is 4.01. The molecular formula is C24H24N4O3S2. The summed E-state index contributed by atoms with van der Waals surface area (Å²) in [6.07, 6.45) is 1.87.